The Balaban J connectivity index is 2.01. The molecule has 0 atom stereocenters. The molecule has 9 nitrogen and oxygen atoms in total. The summed E-state index contributed by atoms with van der Waals surface area (Å²) in [6.07, 6.45) is 1.81. The highest BCUT2D eigenvalue weighted by molar-refractivity contribution is 5.95. The van der Waals surface area contributed by atoms with Crippen molar-refractivity contribution in [3.05, 3.63) is 23.8 Å². The minimum Gasteiger partial charge on any atom is -0.462 e. The molecule has 2 aromatic heterocycles. The van der Waals surface area contributed by atoms with Gasteiger partial charge >= 0.3 is 12.1 Å². The third kappa shape index (κ3) is 5.04. The maximum Gasteiger partial charge on any atom is 0.407 e. The van der Waals surface area contributed by atoms with Gasteiger partial charge in [-0.2, -0.15) is 5.10 Å². The molecule has 2 aromatic rings. The normalized spacial score (nSPS) is 11.3. The van der Waals surface area contributed by atoms with Crippen LogP contribution in [0.5, 0.6) is 0 Å². The number of nitrogens with one attached hydrogen (secondary N) is 2. The van der Waals surface area contributed by atoms with Crippen LogP contribution in [0.3, 0.4) is 0 Å². The topological polar surface area (TPSA) is 107 Å². The number of hydrogen-bond donors (Lipinski definition) is 2. The molecule has 2 heterocycles. The number of alkyl carbamates (subject to hydrolysis) is 1. The van der Waals surface area contributed by atoms with Gasteiger partial charge in [-0.3, -0.25) is 0 Å². The molecule has 0 saturated heterocycles. The molecule has 0 aliphatic carbocycles. The van der Waals surface area contributed by atoms with Gasteiger partial charge in [0.2, 0.25) is 0 Å². The third-order valence-corrected chi connectivity index (χ3v) is 3.03. The molecule has 2 N–H and O–H groups in total. The first-order valence-corrected chi connectivity index (χ1v) is 8.13. The van der Waals surface area contributed by atoms with Crippen LogP contribution in [0.15, 0.2) is 12.4 Å². The number of amides is 1. The lowest BCUT2D eigenvalue weighted by atomic mass is 10.2. The van der Waals surface area contributed by atoms with E-state index >= 15 is 0 Å². The molecule has 26 heavy (non-hydrogen) atoms. The van der Waals surface area contributed by atoms with E-state index in [0.717, 1.165) is 10.7 Å². The minimum atomic E-state index is -0.645. The van der Waals surface area contributed by atoms with E-state index in [1.54, 1.807) is 27.7 Å². The number of carbonyl (C=O) groups is 2. The Bertz CT molecular complexity index is 800. The first-order valence-electron chi connectivity index (χ1n) is 8.13. The summed E-state index contributed by atoms with van der Waals surface area (Å²) in [7, 11) is 0. The van der Waals surface area contributed by atoms with Crippen molar-refractivity contribution in [2.75, 3.05) is 25.0 Å². The second-order valence-corrected chi connectivity index (χ2v) is 6.34. The second kappa shape index (κ2) is 7.98. The van der Waals surface area contributed by atoms with E-state index in [4.69, 9.17) is 9.47 Å². The summed E-state index contributed by atoms with van der Waals surface area (Å²) >= 11 is 0. The van der Waals surface area contributed by atoms with Crippen LogP contribution in [0.4, 0.5) is 15.0 Å². The number of halogens is 1. The molecule has 0 spiro atoms. The molecule has 0 radical (unpaired) electrons. The van der Waals surface area contributed by atoms with Gasteiger partial charge in [-0.1, -0.05) is 0 Å². The van der Waals surface area contributed by atoms with Crippen molar-refractivity contribution in [1.82, 2.24) is 19.9 Å². The van der Waals surface area contributed by atoms with Crippen LogP contribution in [0.2, 0.25) is 0 Å². The summed E-state index contributed by atoms with van der Waals surface area (Å²) in [4.78, 5) is 27.5. The van der Waals surface area contributed by atoms with Gasteiger partial charge in [-0.15, -0.1) is 0 Å². The monoisotopic (exact) mass is 367 g/mol. The first-order chi connectivity index (χ1) is 12.2. The Hall–Kier alpha value is -2.91. The minimum absolute atomic E-state index is 0.0606. The van der Waals surface area contributed by atoms with E-state index in [9.17, 15) is 14.0 Å². The molecule has 0 fully saturated rings. The molecule has 0 saturated carbocycles. The molecule has 0 aliphatic heterocycles. The fourth-order valence-corrected chi connectivity index (χ4v) is 2.03. The first kappa shape index (κ1) is 19.4. The van der Waals surface area contributed by atoms with Crippen molar-refractivity contribution in [2.24, 2.45) is 0 Å². The number of anilines is 1. The SMILES string of the molecule is CCOC(=O)c1cnn2cc(F)c(NCCNC(=O)OC(C)(C)C)nc12. The summed E-state index contributed by atoms with van der Waals surface area (Å²) in [6.45, 7) is 7.57. The van der Waals surface area contributed by atoms with Gasteiger partial charge in [-0.25, -0.2) is 23.5 Å². The molecule has 10 heteroatoms. The number of carbonyl (C=O) groups excluding carboxylic acids is 2. The average Bonchev–Trinajstić information content (AvgIpc) is 2.92. The Morgan fingerprint density at radius 3 is 2.69 bits per heavy atom. The third-order valence-electron chi connectivity index (χ3n) is 3.03. The average molecular weight is 367 g/mol. The highest BCUT2D eigenvalue weighted by atomic mass is 19.1. The van der Waals surface area contributed by atoms with Crippen molar-refractivity contribution in [3.8, 4) is 0 Å². The zero-order valence-corrected chi connectivity index (χ0v) is 15.1. The Labute approximate surface area is 149 Å². The number of ether oxygens (including phenoxy) is 2. The molecule has 0 bridgehead atoms. The van der Waals surface area contributed by atoms with Gasteiger partial charge < -0.3 is 20.1 Å². The van der Waals surface area contributed by atoms with Crippen molar-refractivity contribution in [1.29, 1.82) is 0 Å². The van der Waals surface area contributed by atoms with Crippen LogP contribution in [0, 0.1) is 5.82 Å². The van der Waals surface area contributed by atoms with Crippen LogP contribution in [-0.4, -0.2) is 52.0 Å². The summed E-state index contributed by atoms with van der Waals surface area (Å²) in [5.41, 5.74) is -0.281. The van der Waals surface area contributed by atoms with Gasteiger partial charge in [0.15, 0.2) is 17.3 Å². The second-order valence-electron chi connectivity index (χ2n) is 6.34. The number of rotatable bonds is 6. The van der Waals surface area contributed by atoms with Crippen molar-refractivity contribution >= 4 is 23.5 Å². The van der Waals surface area contributed by atoms with Crippen molar-refractivity contribution < 1.29 is 23.5 Å². The summed E-state index contributed by atoms with van der Waals surface area (Å²) in [6, 6.07) is 0. The lowest BCUT2D eigenvalue weighted by Crippen LogP contribution is -2.35. The van der Waals surface area contributed by atoms with E-state index in [1.807, 2.05) is 0 Å². The largest absolute Gasteiger partial charge is 0.462 e. The van der Waals surface area contributed by atoms with Gasteiger partial charge in [0.05, 0.1) is 19.0 Å². The van der Waals surface area contributed by atoms with Crippen LogP contribution >= 0.6 is 0 Å². The smallest absolute Gasteiger partial charge is 0.407 e. The number of nitrogens with zero attached hydrogens (tertiary/aromatic N) is 3. The predicted molar refractivity (Wildman–Crippen MR) is 91.6 cm³/mol. The van der Waals surface area contributed by atoms with Gasteiger partial charge in [0, 0.05) is 13.1 Å². The van der Waals surface area contributed by atoms with E-state index < -0.39 is 23.5 Å². The Morgan fingerprint density at radius 1 is 1.31 bits per heavy atom. The number of esters is 1. The Morgan fingerprint density at radius 2 is 2.04 bits per heavy atom. The molecule has 0 aliphatic rings. The molecule has 2 rings (SSSR count). The molecule has 0 aromatic carbocycles. The van der Waals surface area contributed by atoms with E-state index in [2.05, 4.69) is 20.7 Å². The van der Waals surface area contributed by atoms with Crippen LogP contribution in [-0.2, 0) is 9.47 Å². The van der Waals surface area contributed by atoms with E-state index in [0.29, 0.717) is 0 Å². The van der Waals surface area contributed by atoms with Gasteiger partial charge in [0.25, 0.3) is 0 Å². The fourth-order valence-electron chi connectivity index (χ4n) is 2.03. The number of aromatic nitrogens is 3. The summed E-state index contributed by atoms with van der Waals surface area (Å²) in [5, 5.41) is 9.19. The van der Waals surface area contributed by atoms with Gasteiger partial charge in [0.1, 0.15) is 11.2 Å². The van der Waals surface area contributed by atoms with Crippen molar-refractivity contribution in [3.63, 3.8) is 0 Å². The molecular weight excluding hydrogens is 345 g/mol. The van der Waals surface area contributed by atoms with E-state index in [1.165, 1.54) is 6.20 Å². The summed E-state index contributed by atoms with van der Waals surface area (Å²) < 4.78 is 25.2. The van der Waals surface area contributed by atoms with E-state index in [-0.39, 0.29) is 36.7 Å². The number of hydrogen-bond acceptors (Lipinski definition) is 7. The summed E-state index contributed by atoms with van der Waals surface area (Å²) in [5.74, 6) is -1.29. The quantitative estimate of drug-likeness (QED) is 0.594. The number of fused-ring (bicyclic) bond motifs is 1. The highest BCUT2D eigenvalue weighted by Crippen LogP contribution is 2.16. The standard InChI is InChI=1S/C16H22FN5O4/c1-5-25-14(23)10-8-20-22-9-11(17)12(21-13(10)22)18-6-7-19-15(24)26-16(2,3)4/h8-9H,5-7H2,1-4H3,(H,18,21)(H,19,24). The maximum atomic E-state index is 14.1. The highest BCUT2D eigenvalue weighted by Gasteiger charge is 2.18. The van der Waals surface area contributed by atoms with Gasteiger partial charge in [-0.05, 0) is 27.7 Å². The predicted octanol–water partition coefficient (Wildman–Crippen LogP) is 1.98. The van der Waals surface area contributed by atoms with Crippen LogP contribution in [0.1, 0.15) is 38.1 Å². The fraction of sp³-hybridized carbons (Fsp3) is 0.500. The molecule has 142 valence electrons. The zero-order chi connectivity index (χ0) is 19.3. The van der Waals surface area contributed by atoms with Crippen LogP contribution in [0.25, 0.3) is 5.65 Å². The Kier molecular flexibility index (Phi) is 5.96. The molecular formula is C16H22FN5O4. The van der Waals surface area contributed by atoms with Crippen molar-refractivity contribution in [2.45, 2.75) is 33.3 Å². The lowest BCUT2D eigenvalue weighted by Gasteiger charge is -2.19. The van der Waals surface area contributed by atoms with Crippen LogP contribution < -0.4 is 10.6 Å². The zero-order valence-electron chi connectivity index (χ0n) is 15.1. The maximum absolute atomic E-state index is 14.1. The molecule has 1 amide bonds. The molecule has 0 unspecified atom stereocenters. The lowest BCUT2D eigenvalue weighted by molar-refractivity contribution is 0.0518.